The van der Waals surface area contributed by atoms with E-state index in [-0.39, 0.29) is 23.1 Å². The van der Waals surface area contributed by atoms with Crippen LogP contribution in [0.2, 0.25) is 0 Å². The minimum absolute atomic E-state index is 0.0656. The van der Waals surface area contributed by atoms with Crippen molar-refractivity contribution in [1.29, 1.82) is 0 Å². The summed E-state index contributed by atoms with van der Waals surface area (Å²) in [6, 6.07) is 5.81. The van der Waals surface area contributed by atoms with Crippen molar-refractivity contribution in [3.05, 3.63) is 29.8 Å². The summed E-state index contributed by atoms with van der Waals surface area (Å²) >= 11 is 0. The molecule has 0 radical (unpaired) electrons. The highest BCUT2D eigenvalue weighted by Crippen LogP contribution is 2.24. The maximum Gasteiger partial charge on any atom is 0.251 e. The van der Waals surface area contributed by atoms with Crippen molar-refractivity contribution in [1.82, 2.24) is 5.32 Å². The van der Waals surface area contributed by atoms with Crippen LogP contribution < -0.4 is 5.32 Å². The van der Waals surface area contributed by atoms with Gasteiger partial charge in [-0.15, -0.1) is 0 Å². The van der Waals surface area contributed by atoms with Gasteiger partial charge in [0.1, 0.15) is 5.60 Å². The lowest BCUT2D eigenvalue weighted by Gasteiger charge is -2.26. The second-order valence-electron chi connectivity index (χ2n) is 5.35. The molecule has 1 aliphatic heterocycles. The van der Waals surface area contributed by atoms with Crippen LogP contribution in [0.5, 0.6) is 0 Å². The molecule has 1 fully saturated rings. The SMILES string of the molecule is CC1OCCC1(O)CNC(=O)c1cccc(S(C)(=O)=O)c1. The molecule has 2 unspecified atom stereocenters. The first-order valence-electron chi connectivity index (χ1n) is 6.65. The van der Waals surface area contributed by atoms with E-state index >= 15 is 0 Å². The molecule has 0 saturated carbocycles. The third-order valence-corrected chi connectivity index (χ3v) is 4.85. The molecule has 1 heterocycles. The van der Waals surface area contributed by atoms with Crippen LogP contribution in [-0.4, -0.2) is 50.5 Å². The van der Waals surface area contributed by atoms with Crippen molar-refractivity contribution < 1.29 is 23.1 Å². The molecule has 0 spiro atoms. The Labute approximate surface area is 124 Å². The van der Waals surface area contributed by atoms with E-state index in [0.717, 1.165) is 6.26 Å². The van der Waals surface area contributed by atoms with E-state index in [1.165, 1.54) is 24.3 Å². The second-order valence-corrected chi connectivity index (χ2v) is 7.37. The van der Waals surface area contributed by atoms with Crippen LogP contribution >= 0.6 is 0 Å². The molecule has 1 aromatic carbocycles. The Morgan fingerprint density at radius 3 is 2.81 bits per heavy atom. The van der Waals surface area contributed by atoms with Gasteiger partial charge in [-0.05, 0) is 25.1 Å². The maximum absolute atomic E-state index is 12.1. The largest absolute Gasteiger partial charge is 0.385 e. The van der Waals surface area contributed by atoms with Gasteiger partial charge in [-0.1, -0.05) is 6.07 Å². The van der Waals surface area contributed by atoms with Crippen molar-refractivity contribution in [3.63, 3.8) is 0 Å². The van der Waals surface area contributed by atoms with Gasteiger partial charge in [0.15, 0.2) is 9.84 Å². The first-order valence-corrected chi connectivity index (χ1v) is 8.54. The van der Waals surface area contributed by atoms with Gasteiger partial charge in [0.25, 0.3) is 5.91 Å². The predicted molar refractivity (Wildman–Crippen MR) is 76.9 cm³/mol. The molecule has 2 N–H and O–H groups in total. The number of carbonyl (C=O) groups excluding carboxylic acids is 1. The molecule has 116 valence electrons. The highest BCUT2D eigenvalue weighted by molar-refractivity contribution is 7.90. The third-order valence-electron chi connectivity index (χ3n) is 3.74. The van der Waals surface area contributed by atoms with Crippen LogP contribution in [0.25, 0.3) is 0 Å². The Bertz CT molecular complexity index is 643. The Kier molecular flexibility index (Phi) is 4.36. The van der Waals surface area contributed by atoms with E-state index in [1.807, 2.05) is 0 Å². The number of carbonyl (C=O) groups is 1. The molecule has 7 heteroatoms. The number of hydrogen-bond acceptors (Lipinski definition) is 5. The number of rotatable bonds is 4. The van der Waals surface area contributed by atoms with Crippen molar-refractivity contribution >= 4 is 15.7 Å². The lowest BCUT2D eigenvalue weighted by Crippen LogP contribution is -2.47. The molecular weight excluding hydrogens is 294 g/mol. The van der Waals surface area contributed by atoms with Gasteiger partial charge in [-0.3, -0.25) is 4.79 Å². The molecule has 21 heavy (non-hydrogen) atoms. The minimum Gasteiger partial charge on any atom is -0.385 e. The van der Waals surface area contributed by atoms with E-state index in [0.29, 0.717) is 13.0 Å². The second kappa shape index (κ2) is 5.75. The van der Waals surface area contributed by atoms with Crippen LogP contribution in [0.3, 0.4) is 0 Å². The fourth-order valence-electron chi connectivity index (χ4n) is 2.21. The maximum atomic E-state index is 12.1. The van der Waals surface area contributed by atoms with Crippen LogP contribution in [0, 0.1) is 0 Å². The predicted octanol–water partition coefficient (Wildman–Crippen LogP) is 0.360. The Balaban J connectivity index is 2.08. The molecule has 0 aromatic heterocycles. The molecule has 0 aliphatic carbocycles. The number of sulfone groups is 1. The van der Waals surface area contributed by atoms with Crippen LogP contribution in [0.15, 0.2) is 29.2 Å². The zero-order valence-electron chi connectivity index (χ0n) is 12.0. The van der Waals surface area contributed by atoms with E-state index in [2.05, 4.69) is 5.32 Å². The Morgan fingerprint density at radius 2 is 2.24 bits per heavy atom. The molecule has 1 saturated heterocycles. The lowest BCUT2D eigenvalue weighted by molar-refractivity contribution is -0.0251. The molecule has 1 aliphatic rings. The number of nitrogens with one attached hydrogen (secondary N) is 1. The topological polar surface area (TPSA) is 92.7 Å². The van der Waals surface area contributed by atoms with Gasteiger partial charge >= 0.3 is 0 Å². The summed E-state index contributed by atoms with van der Waals surface area (Å²) in [5.74, 6) is -0.423. The fourth-order valence-corrected chi connectivity index (χ4v) is 2.87. The van der Waals surface area contributed by atoms with Gasteiger partial charge in [0.2, 0.25) is 0 Å². The standard InChI is InChI=1S/C14H19NO5S/c1-10-14(17,6-7-20-10)9-15-13(16)11-4-3-5-12(8-11)21(2,18)19/h3-5,8,10,17H,6-7,9H2,1-2H3,(H,15,16). The summed E-state index contributed by atoms with van der Waals surface area (Å²) in [5, 5.41) is 12.9. The summed E-state index contributed by atoms with van der Waals surface area (Å²) in [5.41, 5.74) is -0.836. The average molecular weight is 313 g/mol. The van der Waals surface area contributed by atoms with Crippen LogP contribution in [-0.2, 0) is 14.6 Å². The first-order chi connectivity index (χ1) is 9.72. The number of amides is 1. The zero-order chi connectivity index (χ0) is 15.7. The first kappa shape index (κ1) is 15.9. The highest BCUT2D eigenvalue weighted by Gasteiger charge is 2.39. The minimum atomic E-state index is -3.36. The van der Waals surface area contributed by atoms with Crippen molar-refractivity contribution in [3.8, 4) is 0 Å². The molecule has 2 atom stereocenters. The monoisotopic (exact) mass is 313 g/mol. The molecule has 6 nitrogen and oxygen atoms in total. The smallest absolute Gasteiger partial charge is 0.251 e. The normalized spacial score (nSPS) is 25.8. The summed E-state index contributed by atoms with van der Waals surface area (Å²) < 4.78 is 28.3. The molecule has 2 rings (SSSR count). The van der Waals surface area contributed by atoms with E-state index in [4.69, 9.17) is 4.74 Å². The molecule has 1 aromatic rings. The van der Waals surface area contributed by atoms with Crippen molar-refractivity contribution in [2.45, 2.75) is 29.9 Å². The summed E-state index contributed by atoms with van der Waals surface area (Å²) in [6.07, 6.45) is 1.20. The van der Waals surface area contributed by atoms with E-state index in [9.17, 15) is 18.3 Å². The zero-order valence-corrected chi connectivity index (χ0v) is 12.8. The number of ether oxygens (including phenoxy) is 1. The summed E-state index contributed by atoms with van der Waals surface area (Å²) in [4.78, 5) is 12.2. The Hall–Kier alpha value is -1.44. The van der Waals surface area contributed by atoms with Crippen molar-refractivity contribution in [2.75, 3.05) is 19.4 Å². The summed E-state index contributed by atoms with van der Waals surface area (Å²) in [7, 11) is -3.36. The highest BCUT2D eigenvalue weighted by atomic mass is 32.2. The third kappa shape index (κ3) is 3.61. The summed E-state index contributed by atoms with van der Waals surface area (Å²) in [6.45, 7) is 2.27. The molecule has 1 amide bonds. The van der Waals surface area contributed by atoms with Crippen LogP contribution in [0.4, 0.5) is 0 Å². The van der Waals surface area contributed by atoms with E-state index in [1.54, 1.807) is 6.92 Å². The molecule has 0 bridgehead atoms. The number of hydrogen-bond donors (Lipinski definition) is 2. The van der Waals surface area contributed by atoms with Crippen molar-refractivity contribution in [2.24, 2.45) is 0 Å². The fraction of sp³-hybridized carbons (Fsp3) is 0.500. The van der Waals surface area contributed by atoms with Gasteiger partial charge in [0.05, 0.1) is 11.0 Å². The Morgan fingerprint density at radius 1 is 1.52 bits per heavy atom. The average Bonchev–Trinajstić information content (AvgIpc) is 2.76. The number of aliphatic hydroxyl groups is 1. The quantitative estimate of drug-likeness (QED) is 0.837. The van der Waals surface area contributed by atoms with Gasteiger partial charge in [-0.25, -0.2) is 8.42 Å². The lowest BCUT2D eigenvalue weighted by atomic mass is 9.96. The van der Waals surface area contributed by atoms with Crippen LogP contribution in [0.1, 0.15) is 23.7 Å². The molecular formula is C14H19NO5S. The van der Waals surface area contributed by atoms with Gasteiger partial charge in [-0.2, -0.15) is 0 Å². The van der Waals surface area contributed by atoms with E-state index < -0.39 is 21.3 Å². The number of benzene rings is 1. The van der Waals surface area contributed by atoms with Gasteiger partial charge in [0, 0.05) is 31.4 Å². The van der Waals surface area contributed by atoms with Gasteiger partial charge < -0.3 is 15.2 Å².